The van der Waals surface area contributed by atoms with E-state index in [1.54, 1.807) is 0 Å². The molecule has 1 aliphatic carbocycles. The van der Waals surface area contributed by atoms with Crippen molar-refractivity contribution in [3.63, 3.8) is 0 Å². The number of nitrogens with zero attached hydrogens (tertiary/aromatic N) is 2. The van der Waals surface area contributed by atoms with Crippen molar-refractivity contribution in [2.24, 2.45) is 0 Å². The Morgan fingerprint density at radius 1 is 0.255 bits per heavy atom. The van der Waals surface area contributed by atoms with E-state index in [0.717, 1.165) is 17.1 Å². The summed E-state index contributed by atoms with van der Waals surface area (Å²) < 4.78 is 0. The van der Waals surface area contributed by atoms with Crippen LogP contribution in [0.3, 0.4) is 0 Å². The van der Waals surface area contributed by atoms with Gasteiger partial charge in [-0.1, -0.05) is 347 Å². The first-order valence-electron chi connectivity index (χ1n) is 38.2. The normalized spacial score (nSPS) is 14.0. The third kappa shape index (κ3) is 15.9. The largest absolute Gasteiger partial charge is 0.309 e. The summed E-state index contributed by atoms with van der Waals surface area (Å²) in [5, 5.41) is 10.8. The zero-order chi connectivity index (χ0) is 73.6. The van der Waals surface area contributed by atoms with Gasteiger partial charge in [0.05, 0.1) is 43.7 Å². The van der Waals surface area contributed by atoms with E-state index in [2.05, 4.69) is 384 Å². The molecule has 0 bridgehead atoms. The van der Waals surface area contributed by atoms with Crippen molar-refractivity contribution in [3.05, 3.63) is 240 Å². The molecule has 528 valence electrons. The molecular weight excluding hydrogens is 1290 g/mol. The Hall–Kier alpha value is -7.59. The molecule has 1 saturated carbocycles. The molecule has 102 heavy (non-hydrogen) atoms. The van der Waals surface area contributed by atoms with Crippen LogP contribution < -0.4 is 30.5 Å². The average Bonchev–Trinajstić information content (AvgIpc) is 0.713. The van der Waals surface area contributed by atoms with Gasteiger partial charge in [0.15, 0.2) is 0 Å². The predicted octanol–water partition coefficient (Wildman–Crippen LogP) is 27.0. The molecule has 2 nitrogen and oxygen atoms in total. The lowest BCUT2D eigenvalue weighted by atomic mass is 9.80. The Morgan fingerprint density at radius 3 is 0.794 bits per heavy atom. The van der Waals surface area contributed by atoms with E-state index in [0.29, 0.717) is 5.92 Å². The van der Waals surface area contributed by atoms with Crippen LogP contribution in [0.15, 0.2) is 212 Å². The van der Waals surface area contributed by atoms with E-state index in [9.17, 15) is 0 Å². The predicted molar refractivity (Wildman–Crippen MR) is 465 cm³/mol. The summed E-state index contributed by atoms with van der Waals surface area (Å²) in [6, 6.07) is 86.1. The lowest BCUT2D eigenvalue weighted by Crippen LogP contribution is -2.37. The topological polar surface area (TPSA) is 6.48 Å². The summed E-state index contributed by atoms with van der Waals surface area (Å²) >= 11 is 0. The van der Waals surface area contributed by atoms with Crippen LogP contribution in [-0.2, 0) is 21.7 Å². The lowest BCUT2D eigenvalue weighted by molar-refractivity contribution is 0.444. The Kier molecular flexibility index (Phi) is 20.0. The molecule has 0 N–H and O–H groups in total. The molecule has 6 heteroatoms. The van der Waals surface area contributed by atoms with Crippen molar-refractivity contribution >= 4 is 109 Å². The zero-order valence-electron chi connectivity index (χ0n) is 66.7. The van der Waals surface area contributed by atoms with Crippen LogP contribution in [0, 0.1) is 0 Å². The van der Waals surface area contributed by atoms with Gasteiger partial charge < -0.3 is 9.80 Å². The van der Waals surface area contributed by atoms with Gasteiger partial charge in [0.1, 0.15) is 0 Å². The summed E-state index contributed by atoms with van der Waals surface area (Å²) in [5.74, 6) is 0.456. The van der Waals surface area contributed by atoms with Crippen molar-refractivity contribution in [3.8, 4) is 44.5 Å². The molecular formula is C96H118N2Si4. The summed E-state index contributed by atoms with van der Waals surface area (Å²) in [4.78, 5) is 5.45. The minimum atomic E-state index is -1.61. The van der Waals surface area contributed by atoms with Gasteiger partial charge in [-0.15, -0.1) is 0 Å². The SMILES string of the molecule is CC(C)(C)c1cc(N(c2cc(-c3ccc([Si](C)(C)C)cc3)cc(-c3ccc([Si](C)(C)C)cc3)c2)c2c3ccccc3c(N(c3cc(-c4ccc([Si](C)(C)C)cc4)cc(-c4ccc([Si](C)(C)C)cc4)c3)c3cc(C(C)(C)C)cc(C(C)(C)C)c3)c3cc(C4CCCCC4)ccc23)cc(C(C)(C)C)c1. The maximum absolute atomic E-state index is 2.73. The highest BCUT2D eigenvalue weighted by Crippen LogP contribution is 2.55. The highest BCUT2D eigenvalue weighted by molar-refractivity contribution is 6.90. The molecule has 0 aliphatic heterocycles. The second kappa shape index (κ2) is 27.5. The van der Waals surface area contributed by atoms with Crippen LogP contribution >= 0.6 is 0 Å². The molecule has 12 rings (SSSR count). The molecule has 0 spiro atoms. The number of benzene rings is 11. The third-order valence-corrected chi connectivity index (χ3v) is 30.3. The minimum absolute atomic E-state index is 0.151. The number of rotatable bonds is 15. The van der Waals surface area contributed by atoms with Crippen molar-refractivity contribution in [2.45, 2.75) is 221 Å². The molecule has 0 saturated heterocycles. The molecule has 11 aromatic rings. The highest BCUT2D eigenvalue weighted by atomic mass is 28.3. The van der Waals surface area contributed by atoms with Gasteiger partial charge in [-0.3, -0.25) is 0 Å². The molecule has 11 aromatic carbocycles. The number of hydrogen-bond donors (Lipinski definition) is 0. The lowest BCUT2D eigenvalue weighted by Gasteiger charge is -2.36. The van der Waals surface area contributed by atoms with Crippen LogP contribution in [-0.4, -0.2) is 32.3 Å². The van der Waals surface area contributed by atoms with Gasteiger partial charge in [0.25, 0.3) is 0 Å². The van der Waals surface area contributed by atoms with Gasteiger partial charge >= 0.3 is 0 Å². The minimum Gasteiger partial charge on any atom is -0.309 e. The van der Waals surface area contributed by atoms with Gasteiger partial charge in [-0.05, 0) is 179 Å². The van der Waals surface area contributed by atoms with Gasteiger partial charge in [0, 0.05) is 44.3 Å². The second-order valence-electron chi connectivity index (χ2n) is 38.4. The quantitative estimate of drug-likeness (QED) is 0.0573. The first kappa shape index (κ1) is 74.1. The Bertz CT molecular complexity index is 4660. The fraction of sp³-hybridized carbons (Fsp3) is 0.354. The molecule has 0 atom stereocenters. The van der Waals surface area contributed by atoms with Crippen LogP contribution in [0.5, 0.6) is 0 Å². The van der Waals surface area contributed by atoms with Gasteiger partial charge in [0.2, 0.25) is 0 Å². The first-order valence-corrected chi connectivity index (χ1v) is 52.2. The fourth-order valence-electron chi connectivity index (χ4n) is 15.1. The monoisotopic (exact) mass is 1410 g/mol. The van der Waals surface area contributed by atoms with E-state index >= 15 is 0 Å². The van der Waals surface area contributed by atoms with E-state index in [4.69, 9.17) is 0 Å². The molecule has 1 fully saturated rings. The standard InChI is InChI=1S/C96H118N2Si4/c1-93(2,3)75-59-76(94(4,5)6)62-81(61-75)97(79-54-71(66-34-43-83(44-35-66)99(13,14)15)52-72(55-79)67-36-45-84(46-37-67)100(16,17)18)91-87-32-28-29-33-88(87)92(90-58-70(42-51-89(90)91)65-30-26-25-27-31-65)98(82-63-77(95(7,8)9)60-78(64-82)96(10,11)12)80-56-73(68-38-47-85(48-39-68)101(19,20)21)53-74(57-80)69-40-49-86(50-41-69)102(22,23)24/h28-29,32-65H,25-27,30-31H2,1-24H3. The fourth-order valence-corrected chi connectivity index (χ4v) is 19.8. The van der Waals surface area contributed by atoms with E-state index in [-0.39, 0.29) is 21.7 Å². The summed E-state index contributed by atoms with van der Waals surface area (Å²) in [7, 11) is -6.43. The van der Waals surface area contributed by atoms with Crippen molar-refractivity contribution in [2.75, 3.05) is 9.80 Å². The molecule has 0 aromatic heterocycles. The van der Waals surface area contributed by atoms with E-state index < -0.39 is 32.3 Å². The smallest absolute Gasteiger partial charge is 0.0775 e. The molecule has 0 amide bonds. The summed E-state index contributed by atoms with van der Waals surface area (Å²) in [6.45, 7) is 58.2. The van der Waals surface area contributed by atoms with Crippen LogP contribution in [0.4, 0.5) is 34.1 Å². The van der Waals surface area contributed by atoms with Crippen LogP contribution in [0.1, 0.15) is 149 Å². The summed E-state index contributed by atoms with van der Waals surface area (Å²) in [6.07, 6.45) is 6.19. The van der Waals surface area contributed by atoms with Crippen LogP contribution in [0.25, 0.3) is 66.1 Å². The molecule has 0 heterocycles. The highest BCUT2D eigenvalue weighted by Gasteiger charge is 2.33. The number of fused-ring (bicyclic) bond motifs is 2. The molecule has 0 radical (unpaired) electrons. The van der Waals surface area contributed by atoms with Gasteiger partial charge in [-0.25, -0.2) is 0 Å². The second-order valence-corrected chi connectivity index (χ2v) is 58.7. The Balaban J connectivity index is 1.27. The van der Waals surface area contributed by atoms with Crippen LogP contribution in [0.2, 0.25) is 78.6 Å². The van der Waals surface area contributed by atoms with Crippen molar-refractivity contribution in [1.82, 2.24) is 0 Å². The Morgan fingerprint density at radius 2 is 0.520 bits per heavy atom. The van der Waals surface area contributed by atoms with E-state index in [1.165, 1.54) is 164 Å². The number of anilines is 6. The maximum atomic E-state index is 2.73. The molecule has 0 unspecified atom stereocenters. The maximum Gasteiger partial charge on any atom is 0.0775 e. The first-order chi connectivity index (χ1) is 47.6. The zero-order valence-corrected chi connectivity index (χ0v) is 70.7. The van der Waals surface area contributed by atoms with Crippen molar-refractivity contribution < 1.29 is 0 Å². The molecule has 1 aliphatic rings. The van der Waals surface area contributed by atoms with Gasteiger partial charge in [-0.2, -0.15) is 0 Å². The average molecular weight is 1410 g/mol. The van der Waals surface area contributed by atoms with Crippen molar-refractivity contribution in [1.29, 1.82) is 0 Å². The number of hydrogen-bond acceptors (Lipinski definition) is 2. The Labute approximate surface area is 620 Å². The third-order valence-electron chi connectivity index (χ3n) is 22.0. The summed E-state index contributed by atoms with van der Waals surface area (Å²) in [5.41, 5.74) is 22.9. The van der Waals surface area contributed by atoms with E-state index in [1.807, 2.05) is 0 Å².